The van der Waals surface area contributed by atoms with Crippen LogP contribution in [-0.2, 0) is 19.1 Å². The molecule has 1 aromatic rings. The van der Waals surface area contributed by atoms with Crippen LogP contribution in [0.4, 0.5) is 8.78 Å². The van der Waals surface area contributed by atoms with Gasteiger partial charge in [0.25, 0.3) is 0 Å². The Kier molecular flexibility index (Phi) is 8.19. The highest BCUT2D eigenvalue weighted by atomic mass is 19.3. The number of esters is 1. The number of alkyl halides is 2. The van der Waals surface area contributed by atoms with Crippen LogP contribution in [0.15, 0.2) is 30.3 Å². The first kappa shape index (κ1) is 20.8. The molecule has 0 atom stereocenters. The molecule has 1 saturated heterocycles. The molecule has 0 aromatic heterocycles. The number of carbonyl (C=O) groups excluding carboxylic acids is 2. The number of para-hydroxylation sites is 1. The van der Waals surface area contributed by atoms with Crippen molar-refractivity contribution in [1.29, 1.82) is 0 Å². The highest BCUT2D eigenvalue weighted by Crippen LogP contribution is 2.22. The monoisotopic (exact) mass is 383 g/mol. The molecule has 1 amide bonds. The molecule has 0 radical (unpaired) electrons. The smallest absolute Gasteiger partial charge is 0.387 e. The quantitative estimate of drug-likeness (QED) is 0.510. The molecule has 27 heavy (non-hydrogen) atoms. The molecule has 2 rings (SSSR count). The minimum Gasteiger partial charge on any atom is -0.469 e. The number of rotatable bonds is 8. The van der Waals surface area contributed by atoms with Crippen LogP contribution in [-0.4, -0.2) is 56.3 Å². The number of hydrogen-bond acceptors (Lipinski definition) is 5. The van der Waals surface area contributed by atoms with Gasteiger partial charge in [-0.25, -0.2) is 0 Å². The normalized spacial score (nSPS) is 15.1. The summed E-state index contributed by atoms with van der Waals surface area (Å²) in [5.41, 5.74) is 0.367. The van der Waals surface area contributed by atoms with Gasteiger partial charge in [-0.05, 0) is 25.0 Å². The maximum atomic E-state index is 12.7. The van der Waals surface area contributed by atoms with Gasteiger partial charge in [0.1, 0.15) is 5.75 Å². The zero-order valence-electron chi connectivity index (χ0n) is 15.1. The lowest BCUT2D eigenvalue weighted by Crippen LogP contribution is -2.43. The third kappa shape index (κ3) is 6.63. The molecule has 6 nitrogen and oxygen atoms in total. The minimum absolute atomic E-state index is 0.0104. The summed E-state index contributed by atoms with van der Waals surface area (Å²) in [6.45, 7) is -1.65. The van der Waals surface area contributed by atoms with Crippen molar-refractivity contribution >= 4 is 18.0 Å². The SMILES string of the molecule is COC(=O)CCN(C(=O)C=Cc1ccccc1OC(F)F)C1CCOCC1. The molecule has 1 aliphatic heterocycles. The maximum Gasteiger partial charge on any atom is 0.387 e. The van der Waals surface area contributed by atoms with Crippen LogP contribution in [0.25, 0.3) is 6.08 Å². The van der Waals surface area contributed by atoms with Gasteiger partial charge in [0.15, 0.2) is 0 Å². The zero-order chi connectivity index (χ0) is 19.6. The van der Waals surface area contributed by atoms with Crippen molar-refractivity contribution in [3.8, 4) is 5.75 Å². The predicted molar refractivity (Wildman–Crippen MR) is 94.3 cm³/mol. The molecule has 148 valence electrons. The molecule has 1 aliphatic rings. The van der Waals surface area contributed by atoms with E-state index in [2.05, 4.69) is 9.47 Å². The van der Waals surface area contributed by atoms with Crippen molar-refractivity contribution in [3.05, 3.63) is 35.9 Å². The van der Waals surface area contributed by atoms with Crippen molar-refractivity contribution < 1.29 is 32.6 Å². The Hall–Kier alpha value is -2.48. The Morgan fingerprint density at radius 1 is 1.30 bits per heavy atom. The standard InChI is InChI=1S/C19H23F2NO5/c1-25-18(24)8-11-22(15-9-12-26-13-10-15)17(23)7-6-14-4-2-3-5-16(14)27-19(20)21/h2-7,15,19H,8-13H2,1H3. The van der Waals surface area contributed by atoms with E-state index in [1.54, 1.807) is 23.1 Å². The second kappa shape index (κ2) is 10.6. The number of benzene rings is 1. The van der Waals surface area contributed by atoms with Crippen LogP contribution >= 0.6 is 0 Å². The molecule has 1 fully saturated rings. The Labute approximate surface area is 156 Å². The Morgan fingerprint density at radius 3 is 2.67 bits per heavy atom. The second-order valence-electron chi connectivity index (χ2n) is 5.95. The Bertz CT molecular complexity index is 659. The highest BCUT2D eigenvalue weighted by Gasteiger charge is 2.25. The van der Waals surface area contributed by atoms with Crippen LogP contribution in [0.1, 0.15) is 24.8 Å². The van der Waals surface area contributed by atoms with Gasteiger partial charge in [0.2, 0.25) is 5.91 Å². The van der Waals surface area contributed by atoms with E-state index in [0.717, 1.165) is 0 Å². The topological polar surface area (TPSA) is 65.1 Å². The lowest BCUT2D eigenvalue weighted by atomic mass is 10.1. The molecule has 0 N–H and O–H groups in total. The van der Waals surface area contributed by atoms with Gasteiger partial charge in [0, 0.05) is 37.4 Å². The van der Waals surface area contributed by atoms with Gasteiger partial charge in [-0.1, -0.05) is 18.2 Å². The third-order valence-electron chi connectivity index (χ3n) is 4.24. The fourth-order valence-corrected chi connectivity index (χ4v) is 2.86. The van der Waals surface area contributed by atoms with Gasteiger partial charge < -0.3 is 19.1 Å². The molecule has 8 heteroatoms. The molecule has 0 aliphatic carbocycles. The molecule has 1 aromatic carbocycles. The average molecular weight is 383 g/mol. The van der Waals surface area contributed by atoms with Crippen LogP contribution in [0, 0.1) is 0 Å². The Balaban J connectivity index is 2.12. The molecular weight excluding hydrogens is 360 g/mol. The first-order valence-corrected chi connectivity index (χ1v) is 8.68. The van der Waals surface area contributed by atoms with E-state index in [9.17, 15) is 18.4 Å². The van der Waals surface area contributed by atoms with Gasteiger partial charge >= 0.3 is 12.6 Å². The van der Waals surface area contributed by atoms with Gasteiger partial charge in [-0.3, -0.25) is 9.59 Å². The highest BCUT2D eigenvalue weighted by molar-refractivity contribution is 5.92. The first-order chi connectivity index (χ1) is 13.0. The molecular formula is C19H23F2NO5. The third-order valence-corrected chi connectivity index (χ3v) is 4.24. The first-order valence-electron chi connectivity index (χ1n) is 8.68. The minimum atomic E-state index is -2.95. The number of nitrogens with zero attached hydrogens (tertiary/aromatic N) is 1. The van der Waals surface area contributed by atoms with Crippen LogP contribution in [0.2, 0.25) is 0 Å². The van der Waals surface area contributed by atoms with Gasteiger partial charge in [-0.15, -0.1) is 0 Å². The number of hydrogen-bond donors (Lipinski definition) is 0. The summed E-state index contributed by atoms with van der Waals surface area (Å²) in [7, 11) is 1.29. The largest absolute Gasteiger partial charge is 0.469 e. The van der Waals surface area contributed by atoms with Crippen LogP contribution < -0.4 is 4.74 Å². The summed E-state index contributed by atoms with van der Waals surface area (Å²) in [4.78, 5) is 25.8. The van der Waals surface area contributed by atoms with Crippen molar-refractivity contribution in [1.82, 2.24) is 4.90 Å². The van der Waals surface area contributed by atoms with Crippen molar-refractivity contribution in [2.45, 2.75) is 31.9 Å². The summed E-state index contributed by atoms with van der Waals surface area (Å²) >= 11 is 0. The van der Waals surface area contributed by atoms with Crippen molar-refractivity contribution in [2.75, 3.05) is 26.9 Å². The lowest BCUT2D eigenvalue weighted by molar-refractivity contribution is -0.142. The summed E-state index contributed by atoms with van der Waals surface area (Å²) in [6.07, 6.45) is 4.17. The molecule has 0 unspecified atom stereocenters. The summed E-state index contributed by atoms with van der Waals surface area (Å²) in [6, 6.07) is 6.17. The van der Waals surface area contributed by atoms with Crippen LogP contribution in [0.3, 0.4) is 0 Å². The maximum absolute atomic E-state index is 12.7. The second-order valence-corrected chi connectivity index (χ2v) is 5.95. The van der Waals surface area contributed by atoms with E-state index in [4.69, 9.17) is 4.74 Å². The fraction of sp³-hybridized carbons (Fsp3) is 0.474. The fourth-order valence-electron chi connectivity index (χ4n) is 2.86. The number of halogens is 2. The number of methoxy groups -OCH3 is 1. The van der Waals surface area contributed by atoms with Crippen molar-refractivity contribution in [2.24, 2.45) is 0 Å². The van der Waals surface area contributed by atoms with E-state index in [-0.39, 0.29) is 30.7 Å². The Morgan fingerprint density at radius 2 is 2.00 bits per heavy atom. The van der Waals surface area contributed by atoms with Crippen molar-refractivity contribution in [3.63, 3.8) is 0 Å². The molecule has 0 spiro atoms. The van der Waals surface area contributed by atoms with E-state index < -0.39 is 12.6 Å². The molecule has 1 heterocycles. The number of amides is 1. The van der Waals surface area contributed by atoms with Crippen LogP contribution in [0.5, 0.6) is 5.75 Å². The molecule has 0 saturated carbocycles. The molecule has 0 bridgehead atoms. The lowest BCUT2D eigenvalue weighted by Gasteiger charge is -2.33. The van der Waals surface area contributed by atoms with Gasteiger partial charge in [-0.2, -0.15) is 8.78 Å². The average Bonchev–Trinajstić information content (AvgIpc) is 2.67. The van der Waals surface area contributed by atoms with Gasteiger partial charge in [0.05, 0.1) is 13.5 Å². The number of carbonyl (C=O) groups is 2. The summed E-state index contributed by atoms with van der Waals surface area (Å²) in [5, 5.41) is 0. The predicted octanol–water partition coefficient (Wildman–Crippen LogP) is 2.87. The summed E-state index contributed by atoms with van der Waals surface area (Å²) < 4.78 is 39.4. The summed E-state index contributed by atoms with van der Waals surface area (Å²) in [5.74, 6) is -0.721. The van der Waals surface area contributed by atoms with E-state index >= 15 is 0 Å². The van der Waals surface area contributed by atoms with E-state index in [0.29, 0.717) is 31.6 Å². The van der Waals surface area contributed by atoms with E-state index in [1.807, 2.05) is 0 Å². The van der Waals surface area contributed by atoms with E-state index in [1.165, 1.54) is 25.3 Å². The number of ether oxygens (including phenoxy) is 3. The zero-order valence-corrected chi connectivity index (χ0v) is 15.1.